The van der Waals surface area contributed by atoms with Crippen molar-refractivity contribution in [1.82, 2.24) is 9.38 Å². The van der Waals surface area contributed by atoms with Crippen LogP contribution in [0.3, 0.4) is 0 Å². The van der Waals surface area contributed by atoms with E-state index in [1.165, 1.54) is 11.3 Å². The van der Waals surface area contributed by atoms with Gasteiger partial charge in [0.05, 0.1) is 5.60 Å². The van der Waals surface area contributed by atoms with Gasteiger partial charge in [0.2, 0.25) is 0 Å². The summed E-state index contributed by atoms with van der Waals surface area (Å²) in [7, 11) is 1.88. The molecule has 2 aromatic rings. The predicted molar refractivity (Wildman–Crippen MR) is 75.1 cm³/mol. The second-order valence-corrected chi connectivity index (χ2v) is 6.15. The van der Waals surface area contributed by atoms with Crippen LogP contribution in [0.15, 0.2) is 11.6 Å². The Bertz CT molecular complexity index is 598. The molecule has 1 aliphatic rings. The average molecular weight is 279 g/mol. The van der Waals surface area contributed by atoms with Crippen molar-refractivity contribution in [3.8, 4) is 0 Å². The number of hydrogen-bond acceptors (Lipinski definition) is 5. The summed E-state index contributed by atoms with van der Waals surface area (Å²) in [5.74, 6) is 0.655. The Balaban J connectivity index is 1.90. The van der Waals surface area contributed by atoms with E-state index in [1.54, 1.807) is 4.40 Å². The Morgan fingerprint density at radius 3 is 3.00 bits per heavy atom. The number of aromatic nitrogens is 2. The standard InChI is InChI=1S/C13H17N3O2S/c1-15(9-13(18)4-2-3-5-13)11-10(8-17)16-6-7-19-12(16)14-11/h6-8,18H,2-5,9H2,1H3. The Morgan fingerprint density at radius 2 is 2.32 bits per heavy atom. The minimum absolute atomic E-state index is 0.526. The van der Waals surface area contributed by atoms with Crippen molar-refractivity contribution in [2.75, 3.05) is 18.5 Å². The summed E-state index contributed by atoms with van der Waals surface area (Å²) in [6, 6.07) is 0. The summed E-state index contributed by atoms with van der Waals surface area (Å²) < 4.78 is 1.79. The fourth-order valence-electron chi connectivity index (χ4n) is 2.89. The summed E-state index contributed by atoms with van der Waals surface area (Å²) in [5.41, 5.74) is -0.0771. The van der Waals surface area contributed by atoms with Gasteiger partial charge in [0.1, 0.15) is 5.69 Å². The molecule has 0 aliphatic heterocycles. The van der Waals surface area contributed by atoms with Crippen LogP contribution < -0.4 is 4.90 Å². The molecule has 1 fully saturated rings. The Hall–Kier alpha value is -1.40. The number of carbonyl (C=O) groups excluding carboxylic acids is 1. The molecular formula is C13H17N3O2S. The lowest BCUT2D eigenvalue weighted by atomic mass is 10.0. The molecule has 2 heterocycles. The topological polar surface area (TPSA) is 57.8 Å². The molecule has 0 unspecified atom stereocenters. The third-order valence-electron chi connectivity index (χ3n) is 3.82. The normalized spacial score (nSPS) is 18.0. The SMILES string of the molecule is CN(CC1(O)CCCC1)c1nc2sccn2c1C=O. The van der Waals surface area contributed by atoms with E-state index in [9.17, 15) is 9.90 Å². The number of thiazole rings is 1. The first kappa shape index (κ1) is 12.6. The first-order valence-corrected chi connectivity index (χ1v) is 7.35. The maximum absolute atomic E-state index is 11.3. The van der Waals surface area contributed by atoms with Crippen LogP contribution in [-0.2, 0) is 0 Å². The van der Waals surface area contributed by atoms with Crippen molar-refractivity contribution in [2.45, 2.75) is 31.3 Å². The number of aldehydes is 1. The maximum Gasteiger partial charge on any atom is 0.196 e. The average Bonchev–Trinajstić information content (AvgIpc) is 3.03. The van der Waals surface area contributed by atoms with E-state index in [4.69, 9.17) is 0 Å². The first-order chi connectivity index (χ1) is 9.13. The fourth-order valence-corrected chi connectivity index (χ4v) is 3.61. The number of carbonyl (C=O) groups is 1. The van der Waals surface area contributed by atoms with E-state index in [-0.39, 0.29) is 0 Å². The predicted octanol–water partition coefficient (Wildman–Crippen LogP) is 1.95. The monoisotopic (exact) mass is 279 g/mol. The molecule has 5 nitrogen and oxygen atoms in total. The van der Waals surface area contributed by atoms with Crippen LogP contribution in [0.4, 0.5) is 5.82 Å². The van der Waals surface area contributed by atoms with Gasteiger partial charge < -0.3 is 10.0 Å². The van der Waals surface area contributed by atoms with Gasteiger partial charge in [0.15, 0.2) is 17.1 Å². The van der Waals surface area contributed by atoms with Gasteiger partial charge in [0, 0.05) is 25.2 Å². The highest BCUT2D eigenvalue weighted by atomic mass is 32.1. The third-order valence-corrected chi connectivity index (χ3v) is 4.58. The molecule has 19 heavy (non-hydrogen) atoms. The van der Waals surface area contributed by atoms with E-state index >= 15 is 0 Å². The number of anilines is 1. The van der Waals surface area contributed by atoms with Gasteiger partial charge in [0.25, 0.3) is 0 Å². The third kappa shape index (κ3) is 2.15. The van der Waals surface area contributed by atoms with Crippen molar-refractivity contribution in [3.05, 3.63) is 17.3 Å². The van der Waals surface area contributed by atoms with Gasteiger partial charge in [-0.25, -0.2) is 4.98 Å². The lowest BCUT2D eigenvalue weighted by molar-refractivity contribution is 0.0557. The van der Waals surface area contributed by atoms with E-state index < -0.39 is 5.60 Å². The second-order valence-electron chi connectivity index (χ2n) is 5.28. The largest absolute Gasteiger partial charge is 0.388 e. The summed E-state index contributed by atoms with van der Waals surface area (Å²) in [4.78, 5) is 18.5. The van der Waals surface area contributed by atoms with E-state index in [2.05, 4.69) is 4.98 Å². The Kier molecular flexibility index (Phi) is 3.06. The van der Waals surface area contributed by atoms with Gasteiger partial charge >= 0.3 is 0 Å². The van der Waals surface area contributed by atoms with Crippen LogP contribution >= 0.6 is 11.3 Å². The lowest BCUT2D eigenvalue weighted by Crippen LogP contribution is -2.39. The van der Waals surface area contributed by atoms with Crippen LogP contribution in [0.2, 0.25) is 0 Å². The highest BCUT2D eigenvalue weighted by molar-refractivity contribution is 7.15. The zero-order valence-electron chi connectivity index (χ0n) is 10.9. The van der Waals surface area contributed by atoms with Gasteiger partial charge in [-0.05, 0) is 12.8 Å². The molecule has 1 saturated carbocycles. The van der Waals surface area contributed by atoms with Crippen molar-refractivity contribution in [2.24, 2.45) is 0 Å². The molecule has 1 aliphatic carbocycles. The highest BCUT2D eigenvalue weighted by Gasteiger charge is 2.33. The molecule has 0 radical (unpaired) electrons. The van der Waals surface area contributed by atoms with Gasteiger partial charge in [-0.15, -0.1) is 11.3 Å². The number of nitrogens with zero attached hydrogens (tertiary/aromatic N) is 3. The molecule has 6 heteroatoms. The van der Waals surface area contributed by atoms with Crippen LogP contribution in [0.25, 0.3) is 4.96 Å². The Labute approximate surface area is 115 Å². The first-order valence-electron chi connectivity index (χ1n) is 6.47. The van der Waals surface area contributed by atoms with Crippen molar-refractivity contribution in [3.63, 3.8) is 0 Å². The summed E-state index contributed by atoms with van der Waals surface area (Å²) in [6.07, 6.45) is 6.48. The molecule has 0 amide bonds. The van der Waals surface area contributed by atoms with Crippen LogP contribution in [0, 0.1) is 0 Å². The number of rotatable bonds is 4. The molecule has 0 bridgehead atoms. The van der Waals surface area contributed by atoms with Crippen molar-refractivity contribution in [1.29, 1.82) is 0 Å². The lowest BCUT2D eigenvalue weighted by Gasteiger charge is -2.28. The van der Waals surface area contributed by atoms with E-state index in [0.717, 1.165) is 36.9 Å². The summed E-state index contributed by atoms with van der Waals surface area (Å²) >= 11 is 1.50. The maximum atomic E-state index is 11.3. The molecule has 1 N–H and O–H groups in total. The quantitative estimate of drug-likeness (QED) is 0.869. The molecule has 0 saturated heterocycles. The van der Waals surface area contributed by atoms with E-state index in [1.807, 2.05) is 23.5 Å². The zero-order chi connectivity index (χ0) is 13.5. The van der Waals surface area contributed by atoms with Crippen molar-refractivity contribution < 1.29 is 9.90 Å². The number of likely N-dealkylation sites (N-methyl/N-ethyl adjacent to an activating group) is 1. The molecule has 0 aromatic carbocycles. The minimum atomic E-state index is -0.633. The van der Waals surface area contributed by atoms with Crippen LogP contribution in [0.1, 0.15) is 36.2 Å². The van der Waals surface area contributed by atoms with Gasteiger partial charge in [-0.2, -0.15) is 0 Å². The molecule has 0 spiro atoms. The molecule has 102 valence electrons. The number of aliphatic hydroxyl groups is 1. The van der Waals surface area contributed by atoms with Crippen LogP contribution in [0.5, 0.6) is 0 Å². The molecule has 3 rings (SSSR count). The fraction of sp³-hybridized carbons (Fsp3) is 0.538. The van der Waals surface area contributed by atoms with E-state index in [0.29, 0.717) is 18.1 Å². The van der Waals surface area contributed by atoms with Crippen molar-refractivity contribution >= 4 is 28.4 Å². The minimum Gasteiger partial charge on any atom is -0.388 e. The Morgan fingerprint density at radius 1 is 1.58 bits per heavy atom. The van der Waals surface area contributed by atoms with Gasteiger partial charge in [-0.3, -0.25) is 9.20 Å². The number of fused-ring (bicyclic) bond motifs is 1. The molecule has 2 aromatic heterocycles. The molecular weight excluding hydrogens is 262 g/mol. The smallest absolute Gasteiger partial charge is 0.196 e. The zero-order valence-corrected chi connectivity index (χ0v) is 11.7. The highest BCUT2D eigenvalue weighted by Crippen LogP contribution is 2.32. The van der Waals surface area contributed by atoms with Crippen LogP contribution in [-0.4, -0.2) is 40.0 Å². The number of hydrogen-bond donors (Lipinski definition) is 1. The van der Waals surface area contributed by atoms with Gasteiger partial charge in [-0.1, -0.05) is 12.8 Å². The molecule has 0 atom stereocenters. The second kappa shape index (κ2) is 4.61. The summed E-state index contributed by atoms with van der Waals surface area (Å²) in [6.45, 7) is 0.526. The summed E-state index contributed by atoms with van der Waals surface area (Å²) in [5, 5.41) is 12.4. The number of imidazole rings is 1.